The number of hydrogen-bond donors (Lipinski definition) is 1. The van der Waals surface area contributed by atoms with Crippen LogP contribution in [0.3, 0.4) is 0 Å². The summed E-state index contributed by atoms with van der Waals surface area (Å²) in [4.78, 5) is 13.2. The van der Waals surface area contributed by atoms with Crippen molar-refractivity contribution in [1.82, 2.24) is 14.9 Å². The van der Waals surface area contributed by atoms with Crippen LogP contribution >= 0.6 is 0 Å². The molecule has 0 saturated carbocycles. The Hall–Kier alpha value is -3.60. The van der Waals surface area contributed by atoms with Crippen LogP contribution in [0.15, 0.2) is 73.7 Å². The summed E-state index contributed by atoms with van der Waals surface area (Å²) < 4.78 is 0. The summed E-state index contributed by atoms with van der Waals surface area (Å²) >= 11 is 0. The van der Waals surface area contributed by atoms with Crippen LogP contribution in [0.5, 0.6) is 0 Å². The van der Waals surface area contributed by atoms with Crippen molar-refractivity contribution in [3.05, 3.63) is 84.8 Å². The zero-order valence-electron chi connectivity index (χ0n) is 21.9. The lowest BCUT2D eigenvalue weighted by atomic mass is 9.99. The first-order chi connectivity index (χ1) is 16.9. The molecule has 1 aliphatic rings. The maximum absolute atomic E-state index is 4.41. The first kappa shape index (κ1) is 26.0. The van der Waals surface area contributed by atoms with Crippen LogP contribution in [0, 0.1) is 5.92 Å². The third-order valence-electron chi connectivity index (χ3n) is 6.67. The summed E-state index contributed by atoms with van der Waals surface area (Å²) in [5.41, 5.74) is 4.67. The van der Waals surface area contributed by atoms with Gasteiger partial charge in [0.1, 0.15) is 11.6 Å². The molecule has 0 amide bonds. The average molecular weight is 470 g/mol. The SMILES string of the molecule is C=C/C(=C(/C)N(C)C)c1ccc2cnc(NC)cc2c1.C=Cc1ccnc(N2CCC(C)CC2)c1. The van der Waals surface area contributed by atoms with E-state index in [1.54, 1.807) is 0 Å². The number of benzene rings is 1. The van der Waals surface area contributed by atoms with Crippen molar-refractivity contribution in [2.45, 2.75) is 26.7 Å². The molecule has 3 heterocycles. The smallest absolute Gasteiger partial charge is 0.129 e. The van der Waals surface area contributed by atoms with E-state index in [9.17, 15) is 0 Å². The lowest BCUT2D eigenvalue weighted by molar-refractivity contribution is 0.436. The van der Waals surface area contributed by atoms with Crippen LogP contribution in [0.1, 0.15) is 37.8 Å². The van der Waals surface area contributed by atoms with Crippen LogP contribution in [-0.2, 0) is 0 Å². The monoisotopic (exact) mass is 469 g/mol. The molecule has 1 saturated heterocycles. The van der Waals surface area contributed by atoms with Gasteiger partial charge in [-0.1, -0.05) is 44.4 Å². The van der Waals surface area contributed by atoms with Gasteiger partial charge in [-0.05, 0) is 72.0 Å². The Morgan fingerprint density at radius 1 is 1.06 bits per heavy atom. The van der Waals surface area contributed by atoms with Gasteiger partial charge in [0, 0.05) is 57.7 Å². The second-order valence-electron chi connectivity index (χ2n) is 9.30. The van der Waals surface area contributed by atoms with Gasteiger partial charge in [-0.2, -0.15) is 0 Å². The van der Waals surface area contributed by atoms with E-state index in [-0.39, 0.29) is 0 Å². The summed E-state index contributed by atoms with van der Waals surface area (Å²) in [5, 5.41) is 5.38. The molecule has 0 spiro atoms. The highest BCUT2D eigenvalue weighted by molar-refractivity contribution is 5.89. The summed E-state index contributed by atoms with van der Waals surface area (Å²) in [6.07, 6.45) is 10.1. The number of aromatic nitrogens is 2. The first-order valence-corrected chi connectivity index (χ1v) is 12.3. The van der Waals surface area contributed by atoms with Gasteiger partial charge in [0.2, 0.25) is 0 Å². The third-order valence-corrected chi connectivity index (χ3v) is 6.67. The topological polar surface area (TPSA) is 44.3 Å². The molecule has 5 nitrogen and oxygen atoms in total. The number of anilines is 2. The van der Waals surface area contributed by atoms with E-state index in [1.165, 1.54) is 29.5 Å². The molecule has 1 aromatic carbocycles. The van der Waals surface area contributed by atoms with Gasteiger partial charge in [0.05, 0.1) is 0 Å². The van der Waals surface area contributed by atoms with Crippen molar-refractivity contribution in [3.63, 3.8) is 0 Å². The van der Waals surface area contributed by atoms with Gasteiger partial charge in [0.25, 0.3) is 0 Å². The highest BCUT2D eigenvalue weighted by Gasteiger charge is 2.16. The molecule has 0 atom stereocenters. The number of nitrogens with one attached hydrogen (secondary N) is 1. The van der Waals surface area contributed by atoms with Crippen LogP contribution in [0.25, 0.3) is 22.4 Å². The zero-order valence-corrected chi connectivity index (χ0v) is 21.9. The molecule has 184 valence electrons. The second-order valence-corrected chi connectivity index (χ2v) is 9.30. The minimum atomic E-state index is 0.865. The van der Waals surface area contributed by atoms with Crippen LogP contribution in [0.4, 0.5) is 11.6 Å². The Balaban J connectivity index is 0.000000203. The molecule has 0 unspecified atom stereocenters. The molecular weight excluding hydrogens is 430 g/mol. The molecule has 0 bridgehead atoms. The van der Waals surface area contributed by atoms with E-state index < -0.39 is 0 Å². The third kappa shape index (κ3) is 6.72. The van der Waals surface area contributed by atoms with Crippen molar-refractivity contribution < 1.29 is 0 Å². The lowest BCUT2D eigenvalue weighted by Crippen LogP contribution is -2.33. The predicted molar refractivity (Wildman–Crippen MR) is 153 cm³/mol. The fourth-order valence-electron chi connectivity index (χ4n) is 4.13. The zero-order chi connectivity index (χ0) is 25.4. The molecular formula is C30H39N5. The molecule has 1 aliphatic heterocycles. The van der Waals surface area contributed by atoms with Crippen molar-refractivity contribution in [3.8, 4) is 0 Å². The van der Waals surface area contributed by atoms with Crippen LogP contribution in [0.2, 0.25) is 0 Å². The second kappa shape index (κ2) is 12.2. The standard InChI is InChI=1S/C17H21N3.C13H18N2/c1-6-16(12(2)20(4)5)13-7-8-14-11-19-17(18-3)10-15(14)9-13;1-3-12-4-7-14-13(10-12)15-8-5-11(2)6-9-15/h6-11H,1H2,2-5H3,(H,18,19);3-4,7,10-11H,1,5-6,8-9H2,2H3/b16-12+;. The molecule has 5 heteroatoms. The van der Waals surface area contributed by atoms with Crippen LogP contribution in [-0.4, -0.2) is 49.1 Å². The molecule has 0 radical (unpaired) electrons. The van der Waals surface area contributed by atoms with Gasteiger partial charge >= 0.3 is 0 Å². The van der Waals surface area contributed by atoms with E-state index >= 15 is 0 Å². The number of pyridine rings is 2. The van der Waals surface area contributed by atoms with E-state index in [4.69, 9.17) is 0 Å². The summed E-state index contributed by atoms with van der Waals surface area (Å²) in [6.45, 7) is 14.4. The Bertz CT molecular complexity index is 1190. The summed E-state index contributed by atoms with van der Waals surface area (Å²) in [6, 6.07) is 12.6. The molecule has 1 fully saturated rings. The predicted octanol–water partition coefficient (Wildman–Crippen LogP) is 6.72. The van der Waals surface area contributed by atoms with Crippen molar-refractivity contribution >= 4 is 34.1 Å². The summed E-state index contributed by atoms with van der Waals surface area (Å²) in [5.74, 6) is 2.84. The Morgan fingerprint density at radius 2 is 1.80 bits per heavy atom. The molecule has 0 aliphatic carbocycles. The van der Waals surface area contributed by atoms with Gasteiger partial charge in [-0.15, -0.1) is 0 Å². The molecule has 3 aromatic rings. The minimum Gasteiger partial charge on any atom is -0.381 e. The Labute approximate surface area is 210 Å². The molecule has 2 aromatic heterocycles. The average Bonchev–Trinajstić information content (AvgIpc) is 2.89. The number of allylic oxidation sites excluding steroid dienone is 3. The van der Waals surface area contributed by atoms with Gasteiger partial charge < -0.3 is 15.1 Å². The van der Waals surface area contributed by atoms with Gasteiger partial charge in [-0.25, -0.2) is 9.97 Å². The minimum absolute atomic E-state index is 0.865. The van der Waals surface area contributed by atoms with E-state index in [2.05, 4.69) is 82.4 Å². The molecule has 35 heavy (non-hydrogen) atoms. The number of nitrogens with zero attached hydrogens (tertiary/aromatic N) is 4. The molecule has 4 rings (SSSR count). The van der Waals surface area contributed by atoms with E-state index in [1.807, 2.05) is 51.8 Å². The number of piperidine rings is 1. The first-order valence-electron chi connectivity index (χ1n) is 12.3. The summed E-state index contributed by atoms with van der Waals surface area (Å²) in [7, 11) is 5.97. The van der Waals surface area contributed by atoms with Crippen molar-refractivity contribution in [2.75, 3.05) is 44.4 Å². The van der Waals surface area contributed by atoms with Crippen LogP contribution < -0.4 is 10.2 Å². The molecule has 1 N–H and O–H groups in total. The van der Waals surface area contributed by atoms with E-state index in [0.717, 1.165) is 47.2 Å². The number of hydrogen-bond acceptors (Lipinski definition) is 5. The normalized spacial score (nSPS) is 14.5. The maximum Gasteiger partial charge on any atom is 0.129 e. The Kier molecular flexibility index (Phi) is 9.07. The fourth-order valence-corrected chi connectivity index (χ4v) is 4.13. The fraction of sp³-hybridized carbons (Fsp3) is 0.333. The Morgan fingerprint density at radius 3 is 2.43 bits per heavy atom. The lowest BCUT2D eigenvalue weighted by Gasteiger charge is -2.31. The highest BCUT2D eigenvalue weighted by atomic mass is 15.2. The number of fused-ring (bicyclic) bond motifs is 1. The van der Waals surface area contributed by atoms with Gasteiger partial charge in [-0.3, -0.25) is 0 Å². The maximum atomic E-state index is 4.41. The van der Waals surface area contributed by atoms with E-state index in [0.29, 0.717) is 0 Å². The van der Waals surface area contributed by atoms with Gasteiger partial charge in [0.15, 0.2) is 0 Å². The number of rotatable bonds is 6. The highest BCUT2D eigenvalue weighted by Crippen LogP contribution is 2.26. The van der Waals surface area contributed by atoms with Crippen molar-refractivity contribution in [2.24, 2.45) is 5.92 Å². The van der Waals surface area contributed by atoms with Crippen molar-refractivity contribution in [1.29, 1.82) is 0 Å². The quantitative estimate of drug-likeness (QED) is 0.406. The largest absolute Gasteiger partial charge is 0.381 e.